The molecule has 0 atom stereocenters. The molecule has 1 heterocycles. The van der Waals surface area contributed by atoms with E-state index in [2.05, 4.69) is 0 Å². The number of ketones is 1. The van der Waals surface area contributed by atoms with Gasteiger partial charge >= 0.3 is 0 Å². The van der Waals surface area contributed by atoms with E-state index >= 15 is 0 Å². The standard InChI is InChI=1S/C12H19NO2/c1-12(2)10(14)6-7-13(12)11(15)8-9-4-3-5-9/h9H,3-8H2,1-2H3. The van der Waals surface area contributed by atoms with E-state index in [0.717, 1.165) is 0 Å². The molecule has 1 aliphatic carbocycles. The van der Waals surface area contributed by atoms with Crippen LogP contribution < -0.4 is 0 Å². The van der Waals surface area contributed by atoms with Crippen LogP contribution in [-0.2, 0) is 9.59 Å². The maximum atomic E-state index is 12.0. The zero-order valence-electron chi connectivity index (χ0n) is 9.58. The quantitative estimate of drug-likeness (QED) is 0.695. The summed E-state index contributed by atoms with van der Waals surface area (Å²) in [7, 11) is 0. The van der Waals surface area contributed by atoms with Crippen molar-refractivity contribution in [2.75, 3.05) is 6.54 Å². The molecule has 0 aromatic carbocycles. The van der Waals surface area contributed by atoms with E-state index in [1.807, 2.05) is 13.8 Å². The Bertz CT molecular complexity index is 292. The summed E-state index contributed by atoms with van der Waals surface area (Å²) >= 11 is 0. The Morgan fingerprint density at radius 3 is 2.53 bits per heavy atom. The largest absolute Gasteiger partial charge is 0.330 e. The molecule has 0 aromatic rings. The molecule has 1 saturated carbocycles. The van der Waals surface area contributed by atoms with Gasteiger partial charge in [-0.2, -0.15) is 0 Å². The van der Waals surface area contributed by atoms with Crippen molar-refractivity contribution in [3.05, 3.63) is 0 Å². The predicted octanol–water partition coefficient (Wildman–Crippen LogP) is 1.76. The SMILES string of the molecule is CC1(C)C(=O)CCN1C(=O)CC1CCC1. The molecular weight excluding hydrogens is 190 g/mol. The summed E-state index contributed by atoms with van der Waals surface area (Å²) in [5.41, 5.74) is -0.555. The van der Waals surface area contributed by atoms with Gasteiger partial charge in [-0.15, -0.1) is 0 Å². The molecule has 1 aliphatic heterocycles. The van der Waals surface area contributed by atoms with Gasteiger partial charge in [0.25, 0.3) is 0 Å². The summed E-state index contributed by atoms with van der Waals surface area (Å²) in [6.07, 6.45) is 4.82. The van der Waals surface area contributed by atoms with Gasteiger partial charge in [0.05, 0.1) is 5.54 Å². The lowest BCUT2D eigenvalue weighted by Crippen LogP contribution is -2.47. The topological polar surface area (TPSA) is 37.4 Å². The van der Waals surface area contributed by atoms with Gasteiger partial charge < -0.3 is 4.90 Å². The Morgan fingerprint density at radius 1 is 1.47 bits per heavy atom. The lowest BCUT2D eigenvalue weighted by Gasteiger charge is -2.33. The van der Waals surface area contributed by atoms with E-state index < -0.39 is 5.54 Å². The van der Waals surface area contributed by atoms with E-state index in [0.29, 0.717) is 25.3 Å². The highest BCUT2D eigenvalue weighted by atomic mass is 16.2. The molecular formula is C12H19NO2. The molecule has 0 radical (unpaired) electrons. The zero-order chi connectivity index (χ0) is 11.1. The average molecular weight is 209 g/mol. The van der Waals surface area contributed by atoms with E-state index in [9.17, 15) is 9.59 Å². The number of amides is 1. The van der Waals surface area contributed by atoms with Crippen LogP contribution in [-0.4, -0.2) is 28.7 Å². The number of hydrogen-bond acceptors (Lipinski definition) is 2. The Labute approximate surface area is 90.8 Å². The van der Waals surface area contributed by atoms with E-state index in [-0.39, 0.29) is 11.7 Å². The molecule has 3 heteroatoms. The van der Waals surface area contributed by atoms with Crippen LogP contribution in [0.4, 0.5) is 0 Å². The van der Waals surface area contributed by atoms with Crippen molar-refractivity contribution in [1.82, 2.24) is 4.90 Å². The van der Waals surface area contributed by atoms with Crippen LogP contribution in [0.15, 0.2) is 0 Å². The van der Waals surface area contributed by atoms with Gasteiger partial charge in [0, 0.05) is 19.4 Å². The van der Waals surface area contributed by atoms with Gasteiger partial charge in [0.15, 0.2) is 5.78 Å². The molecule has 1 amide bonds. The lowest BCUT2D eigenvalue weighted by atomic mass is 9.82. The van der Waals surface area contributed by atoms with Gasteiger partial charge in [0.2, 0.25) is 5.91 Å². The Hall–Kier alpha value is -0.860. The van der Waals surface area contributed by atoms with Crippen molar-refractivity contribution >= 4 is 11.7 Å². The summed E-state index contributed by atoms with van der Waals surface area (Å²) in [6.45, 7) is 4.35. The fourth-order valence-electron chi connectivity index (χ4n) is 2.44. The molecule has 2 aliphatic rings. The third-order valence-corrected chi connectivity index (χ3v) is 3.91. The monoisotopic (exact) mass is 209 g/mol. The number of carbonyl (C=O) groups excluding carboxylic acids is 2. The van der Waals surface area contributed by atoms with Crippen LogP contribution >= 0.6 is 0 Å². The molecule has 0 bridgehead atoms. The number of hydrogen-bond donors (Lipinski definition) is 0. The third-order valence-electron chi connectivity index (χ3n) is 3.91. The highest BCUT2D eigenvalue weighted by Crippen LogP contribution is 2.32. The lowest BCUT2D eigenvalue weighted by molar-refractivity contribution is -0.140. The van der Waals surface area contributed by atoms with E-state index in [1.165, 1.54) is 19.3 Å². The first kappa shape index (κ1) is 10.7. The summed E-state index contributed by atoms with van der Waals surface area (Å²) < 4.78 is 0. The highest BCUT2D eigenvalue weighted by molar-refractivity contribution is 5.95. The van der Waals surface area contributed by atoms with Crippen LogP contribution in [0.2, 0.25) is 0 Å². The summed E-state index contributed by atoms with van der Waals surface area (Å²) in [6, 6.07) is 0. The van der Waals surface area contributed by atoms with Crippen molar-refractivity contribution in [2.24, 2.45) is 5.92 Å². The normalized spacial score (nSPS) is 25.5. The molecule has 15 heavy (non-hydrogen) atoms. The number of carbonyl (C=O) groups is 2. The summed E-state index contributed by atoms with van der Waals surface area (Å²) in [5, 5.41) is 0. The number of nitrogens with zero attached hydrogens (tertiary/aromatic N) is 1. The number of rotatable bonds is 2. The molecule has 0 spiro atoms. The Morgan fingerprint density at radius 2 is 2.13 bits per heavy atom. The molecule has 0 unspecified atom stereocenters. The van der Waals surface area contributed by atoms with Crippen molar-refractivity contribution in [1.29, 1.82) is 0 Å². The van der Waals surface area contributed by atoms with Crippen LogP contribution in [0.1, 0.15) is 46.0 Å². The van der Waals surface area contributed by atoms with Crippen molar-refractivity contribution in [3.63, 3.8) is 0 Å². The Balaban J connectivity index is 1.97. The van der Waals surface area contributed by atoms with Crippen molar-refractivity contribution < 1.29 is 9.59 Å². The van der Waals surface area contributed by atoms with Crippen LogP contribution in [0.5, 0.6) is 0 Å². The van der Waals surface area contributed by atoms with Crippen molar-refractivity contribution in [3.8, 4) is 0 Å². The zero-order valence-corrected chi connectivity index (χ0v) is 9.58. The fourth-order valence-corrected chi connectivity index (χ4v) is 2.44. The smallest absolute Gasteiger partial charge is 0.223 e. The minimum atomic E-state index is -0.555. The second-order valence-corrected chi connectivity index (χ2v) is 5.28. The molecule has 2 rings (SSSR count). The van der Waals surface area contributed by atoms with Gasteiger partial charge in [-0.25, -0.2) is 0 Å². The van der Waals surface area contributed by atoms with Gasteiger partial charge in [-0.3, -0.25) is 9.59 Å². The maximum Gasteiger partial charge on any atom is 0.223 e. The van der Waals surface area contributed by atoms with E-state index in [4.69, 9.17) is 0 Å². The first-order chi connectivity index (χ1) is 7.01. The van der Waals surface area contributed by atoms with Gasteiger partial charge in [0.1, 0.15) is 0 Å². The Kier molecular flexibility index (Phi) is 2.57. The highest BCUT2D eigenvalue weighted by Gasteiger charge is 2.43. The predicted molar refractivity (Wildman–Crippen MR) is 57.4 cm³/mol. The molecule has 1 saturated heterocycles. The first-order valence-corrected chi connectivity index (χ1v) is 5.85. The molecule has 84 valence electrons. The summed E-state index contributed by atoms with van der Waals surface area (Å²) in [5.74, 6) is 0.962. The van der Waals surface area contributed by atoms with Gasteiger partial charge in [-0.05, 0) is 32.6 Å². The second-order valence-electron chi connectivity index (χ2n) is 5.28. The number of Topliss-reactive ketones (excluding diaryl/α,β-unsaturated/α-hetero) is 1. The van der Waals surface area contributed by atoms with Crippen LogP contribution in [0, 0.1) is 5.92 Å². The first-order valence-electron chi connectivity index (χ1n) is 5.85. The molecule has 3 nitrogen and oxygen atoms in total. The molecule has 0 N–H and O–H groups in total. The fraction of sp³-hybridized carbons (Fsp3) is 0.833. The maximum absolute atomic E-state index is 12.0. The molecule has 0 aromatic heterocycles. The average Bonchev–Trinajstić information content (AvgIpc) is 2.35. The minimum absolute atomic E-state index is 0.176. The number of likely N-dealkylation sites (tertiary alicyclic amines) is 1. The summed E-state index contributed by atoms with van der Waals surface area (Å²) in [4.78, 5) is 25.3. The van der Waals surface area contributed by atoms with Crippen LogP contribution in [0.3, 0.4) is 0 Å². The van der Waals surface area contributed by atoms with Crippen LogP contribution in [0.25, 0.3) is 0 Å². The van der Waals surface area contributed by atoms with Crippen molar-refractivity contribution in [2.45, 2.75) is 51.5 Å². The minimum Gasteiger partial charge on any atom is -0.330 e. The molecule has 2 fully saturated rings. The van der Waals surface area contributed by atoms with E-state index in [1.54, 1.807) is 4.90 Å². The van der Waals surface area contributed by atoms with Gasteiger partial charge in [-0.1, -0.05) is 6.42 Å². The third kappa shape index (κ3) is 1.80. The second kappa shape index (κ2) is 3.62.